The number of anilines is 1. The summed E-state index contributed by atoms with van der Waals surface area (Å²) in [6.45, 7) is 7.65. The van der Waals surface area contributed by atoms with Crippen molar-refractivity contribution in [3.8, 4) is 5.75 Å². The van der Waals surface area contributed by atoms with Gasteiger partial charge in [0.15, 0.2) is 5.17 Å². The van der Waals surface area contributed by atoms with Gasteiger partial charge in [0.1, 0.15) is 5.75 Å². The first kappa shape index (κ1) is 23.8. The number of amides is 3. The molecule has 2 aromatic carbocycles. The largest absolute Gasteiger partial charge is 0.493 e. The topological polar surface area (TPSA) is 91.3 Å². The summed E-state index contributed by atoms with van der Waals surface area (Å²) < 4.78 is 5.99. The van der Waals surface area contributed by atoms with Crippen molar-refractivity contribution >= 4 is 40.3 Å². The number of nitrogens with zero attached hydrogens (tertiary/aromatic N) is 3. The monoisotopic (exact) mass is 480 g/mol. The van der Waals surface area contributed by atoms with Crippen molar-refractivity contribution in [2.45, 2.75) is 52.0 Å². The van der Waals surface area contributed by atoms with Crippen LogP contribution in [0.15, 0.2) is 47.6 Å². The van der Waals surface area contributed by atoms with Crippen LogP contribution in [0.5, 0.6) is 5.75 Å². The molecule has 4 rings (SSSR count). The molecule has 9 heteroatoms. The summed E-state index contributed by atoms with van der Waals surface area (Å²) in [5.41, 5.74) is 3.20. The molecule has 0 unspecified atom stereocenters. The number of nitrogens with one attached hydrogen (secondary N) is 1. The number of hydrogen-bond acceptors (Lipinski definition) is 6. The molecule has 2 aliphatic rings. The lowest BCUT2D eigenvalue weighted by atomic mass is 10.0. The lowest BCUT2D eigenvalue weighted by molar-refractivity contribution is -0.139. The van der Waals surface area contributed by atoms with Crippen LogP contribution in [0.25, 0.3) is 0 Å². The molecule has 0 radical (unpaired) electrons. The smallest absolute Gasteiger partial charge is 0.271 e. The number of carbonyl (C=O) groups is 3. The standard InChI is InChI=1S/C25H28N4O4S/c1-5-6-13-33-22-10-8-7-9-19(22)15-28-21-12-11-16(2)14-20(21)25(23(28)32)29(18(4)31)27-24(34-25)26-17(3)30/h7-12,14H,5-6,13,15H2,1-4H3,(H,26,27,30)/t25-/m0/s1. The van der Waals surface area contributed by atoms with Crippen molar-refractivity contribution in [3.05, 3.63) is 59.2 Å². The van der Waals surface area contributed by atoms with Crippen LogP contribution in [-0.2, 0) is 25.8 Å². The number of unbranched alkanes of at least 4 members (excludes halogenated alkanes) is 1. The van der Waals surface area contributed by atoms with E-state index in [2.05, 4.69) is 17.3 Å². The predicted octanol–water partition coefficient (Wildman–Crippen LogP) is 3.88. The van der Waals surface area contributed by atoms with Crippen molar-refractivity contribution in [3.63, 3.8) is 0 Å². The van der Waals surface area contributed by atoms with Gasteiger partial charge in [-0.1, -0.05) is 49.2 Å². The highest BCUT2D eigenvalue weighted by Gasteiger charge is 2.61. The summed E-state index contributed by atoms with van der Waals surface area (Å²) in [4.78, 5) is 38.7. The molecule has 1 atom stereocenters. The van der Waals surface area contributed by atoms with Gasteiger partial charge in [0.05, 0.1) is 18.8 Å². The highest BCUT2D eigenvalue weighted by molar-refractivity contribution is 8.15. The van der Waals surface area contributed by atoms with Crippen molar-refractivity contribution in [1.29, 1.82) is 0 Å². The van der Waals surface area contributed by atoms with Gasteiger partial charge in [-0.3, -0.25) is 14.4 Å². The lowest BCUT2D eigenvalue weighted by Crippen LogP contribution is -2.48. The fourth-order valence-electron chi connectivity index (χ4n) is 4.15. The molecule has 2 aliphatic heterocycles. The molecule has 1 spiro atoms. The van der Waals surface area contributed by atoms with Gasteiger partial charge in [-0.25, -0.2) is 0 Å². The second-order valence-corrected chi connectivity index (χ2v) is 9.57. The highest BCUT2D eigenvalue weighted by Crippen LogP contribution is 2.55. The van der Waals surface area contributed by atoms with Gasteiger partial charge in [0.2, 0.25) is 16.7 Å². The summed E-state index contributed by atoms with van der Waals surface area (Å²) in [5, 5.41) is 8.35. The zero-order valence-corrected chi connectivity index (χ0v) is 20.6. The normalized spacial score (nSPS) is 18.8. The van der Waals surface area contributed by atoms with Gasteiger partial charge in [0.25, 0.3) is 5.91 Å². The molecule has 178 valence electrons. The van der Waals surface area contributed by atoms with Crippen molar-refractivity contribution in [2.75, 3.05) is 11.5 Å². The molecule has 2 aromatic rings. The van der Waals surface area contributed by atoms with Crippen LogP contribution in [0.2, 0.25) is 0 Å². The van der Waals surface area contributed by atoms with E-state index in [9.17, 15) is 14.4 Å². The van der Waals surface area contributed by atoms with Crippen LogP contribution in [-0.4, -0.2) is 34.5 Å². The first-order valence-electron chi connectivity index (χ1n) is 11.3. The van der Waals surface area contributed by atoms with E-state index < -0.39 is 4.87 Å². The van der Waals surface area contributed by atoms with Gasteiger partial charge >= 0.3 is 0 Å². The van der Waals surface area contributed by atoms with Crippen LogP contribution >= 0.6 is 11.8 Å². The second kappa shape index (κ2) is 9.50. The Morgan fingerprint density at radius 2 is 1.94 bits per heavy atom. The molecule has 1 N–H and O–H groups in total. The quantitative estimate of drug-likeness (QED) is 0.634. The molecule has 3 amide bonds. The number of para-hydroxylation sites is 1. The van der Waals surface area contributed by atoms with Crippen LogP contribution in [0, 0.1) is 6.92 Å². The average molecular weight is 481 g/mol. The molecule has 2 heterocycles. The van der Waals surface area contributed by atoms with E-state index in [1.165, 1.54) is 18.9 Å². The van der Waals surface area contributed by atoms with Gasteiger partial charge in [-0.05, 0) is 37.2 Å². The van der Waals surface area contributed by atoms with E-state index in [1.807, 2.05) is 49.4 Å². The Hall–Kier alpha value is -3.33. The van der Waals surface area contributed by atoms with Gasteiger partial charge in [-0.2, -0.15) is 5.01 Å². The highest BCUT2D eigenvalue weighted by atomic mass is 32.2. The molecule has 0 fully saturated rings. The maximum Gasteiger partial charge on any atom is 0.271 e. The third-order valence-corrected chi connectivity index (χ3v) is 6.95. The Kier molecular flexibility index (Phi) is 6.65. The molecule has 0 bridgehead atoms. The molecule has 34 heavy (non-hydrogen) atoms. The third kappa shape index (κ3) is 4.16. The number of aryl methyl sites for hydroxylation is 1. The number of hydrogen-bond donors (Lipinski definition) is 1. The molecular weight excluding hydrogens is 452 g/mol. The first-order valence-corrected chi connectivity index (χ1v) is 12.1. The maximum absolute atomic E-state index is 14.1. The summed E-state index contributed by atoms with van der Waals surface area (Å²) in [5.74, 6) is -0.271. The lowest BCUT2D eigenvalue weighted by Gasteiger charge is -2.29. The van der Waals surface area contributed by atoms with E-state index in [1.54, 1.807) is 4.90 Å². The minimum absolute atomic E-state index is 0.216. The van der Waals surface area contributed by atoms with E-state index in [0.29, 0.717) is 17.9 Å². The Labute approximate surface area is 203 Å². The minimum atomic E-state index is -1.41. The molecule has 0 saturated heterocycles. The summed E-state index contributed by atoms with van der Waals surface area (Å²) in [6, 6.07) is 13.4. The fourth-order valence-corrected chi connectivity index (χ4v) is 5.48. The number of thioether (sulfide) groups is 1. The van der Waals surface area contributed by atoms with Crippen LogP contribution in [0.1, 0.15) is 50.3 Å². The molecule has 0 saturated carbocycles. The van der Waals surface area contributed by atoms with Crippen molar-refractivity contribution in [1.82, 2.24) is 10.3 Å². The number of amidine groups is 1. The van der Waals surface area contributed by atoms with E-state index >= 15 is 0 Å². The SMILES string of the molecule is CCCCOc1ccccc1CN1C(=O)[C@@]2(SC(NC(C)=O)=NN2C(C)=O)c2cc(C)ccc21. The number of rotatable bonds is 6. The second-order valence-electron chi connectivity index (χ2n) is 8.38. The van der Waals surface area contributed by atoms with Gasteiger partial charge in [-0.15, -0.1) is 5.10 Å². The maximum atomic E-state index is 14.1. The Morgan fingerprint density at radius 1 is 1.18 bits per heavy atom. The summed E-state index contributed by atoms with van der Waals surface area (Å²) >= 11 is 1.08. The van der Waals surface area contributed by atoms with Crippen LogP contribution in [0.4, 0.5) is 5.69 Å². The summed E-state index contributed by atoms with van der Waals surface area (Å²) in [6.07, 6.45) is 1.96. The van der Waals surface area contributed by atoms with E-state index in [-0.39, 0.29) is 29.4 Å². The number of carbonyl (C=O) groups excluding carboxylic acids is 3. The predicted molar refractivity (Wildman–Crippen MR) is 132 cm³/mol. The molecule has 8 nitrogen and oxygen atoms in total. The zero-order valence-electron chi connectivity index (χ0n) is 19.8. The number of benzene rings is 2. The molecular formula is C25H28N4O4S. The molecule has 0 aliphatic carbocycles. The van der Waals surface area contributed by atoms with Crippen LogP contribution in [0.3, 0.4) is 0 Å². The van der Waals surface area contributed by atoms with Crippen molar-refractivity contribution in [2.24, 2.45) is 5.10 Å². The average Bonchev–Trinajstić information content (AvgIpc) is 3.27. The fraction of sp³-hybridized carbons (Fsp3) is 0.360. The Morgan fingerprint density at radius 3 is 2.65 bits per heavy atom. The third-order valence-electron chi connectivity index (χ3n) is 5.71. The molecule has 0 aromatic heterocycles. The number of hydrazone groups is 1. The van der Waals surface area contributed by atoms with Crippen LogP contribution < -0.4 is 15.0 Å². The van der Waals surface area contributed by atoms with Crippen molar-refractivity contribution < 1.29 is 19.1 Å². The first-order chi connectivity index (χ1) is 16.3. The zero-order chi connectivity index (χ0) is 24.5. The Bertz CT molecular complexity index is 1180. The van der Waals surface area contributed by atoms with Gasteiger partial charge in [0, 0.05) is 25.0 Å². The van der Waals surface area contributed by atoms with E-state index in [0.717, 1.165) is 41.5 Å². The number of fused-ring (bicyclic) bond motifs is 2. The summed E-state index contributed by atoms with van der Waals surface area (Å²) in [7, 11) is 0. The number of ether oxygens (including phenoxy) is 1. The Balaban J connectivity index is 1.76. The minimum Gasteiger partial charge on any atom is -0.493 e. The van der Waals surface area contributed by atoms with E-state index in [4.69, 9.17) is 4.74 Å². The van der Waals surface area contributed by atoms with Gasteiger partial charge < -0.3 is 15.0 Å².